The van der Waals surface area contributed by atoms with E-state index in [1.54, 1.807) is 31.2 Å². The fourth-order valence-electron chi connectivity index (χ4n) is 1.80. The summed E-state index contributed by atoms with van der Waals surface area (Å²) in [7, 11) is 0. The summed E-state index contributed by atoms with van der Waals surface area (Å²) < 4.78 is 0. The first-order chi connectivity index (χ1) is 7.65. The Bertz CT molecular complexity index is 613. The maximum Gasteiger partial charge on any atom is 0.352 e. The van der Waals surface area contributed by atoms with Crippen LogP contribution in [0.4, 0.5) is 0 Å². The lowest BCUT2D eigenvalue weighted by molar-refractivity contribution is 0.0689. The zero-order valence-electron chi connectivity index (χ0n) is 8.78. The molecule has 1 heterocycles. The van der Waals surface area contributed by atoms with E-state index < -0.39 is 5.97 Å². The van der Waals surface area contributed by atoms with E-state index >= 15 is 0 Å². The van der Waals surface area contributed by atoms with E-state index in [9.17, 15) is 9.59 Å². The van der Waals surface area contributed by atoms with Crippen LogP contribution in [0.3, 0.4) is 0 Å². The van der Waals surface area contributed by atoms with Crippen molar-refractivity contribution in [1.29, 1.82) is 0 Å². The molecule has 0 fully saturated rings. The third kappa shape index (κ3) is 1.48. The number of carbonyl (C=O) groups is 1. The van der Waals surface area contributed by atoms with E-state index in [1.165, 1.54) is 0 Å². The Hall–Kier alpha value is -2.10. The number of para-hydroxylation sites is 1. The summed E-state index contributed by atoms with van der Waals surface area (Å²) in [6, 6.07) is 6.91. The van der Waals surface area contributed by atoms with Gasteiger partial charge in [-0.3, -0.25) is 4.79 Å². The van der Waals surface area contributed by atoms with Crippen molar-refractivity contribution >= 4 is 16.9 Å². The molecule has 0 unspecified atom stereocenters. The van der Waals surface area contributed by atoms with Crippen LogP contribution in [0.15, 0.2) is 29.1 Å². The first-order valence-electron chi connectivity index (χ1n) is 5.02. The smallest absolute Gasteiger partial charge is 0.352 e. The lowest BCUT2D eigenvalue weighted by Crippen LogP contribution is -2.17. The lowest BCUT2D eigenvalue weighted by Gasteiger charge is -2.05. The molecule has 4 nitrogen and oxygen atoms in total. The summed E-state index contributed by atoms with van der Waals surface area (Å²) in [5.41, 5.74) is 0.675. The van der Waals surface area contributed by atoms with E-state index in [-0.39, 0.29) is 11.1 Å². The highest BCUT2D eigenvalue weighted by Crippen LogP contribution is 2.11. The molecule has 0 aliphatic rings. The molecule has 82 valence electrons. The molecule has 0 radical (unpaired) electrons. The number of benzene rings is 1. The van der Waals surface area contributed by atoms with Crippen molar-refractivity contribution in [2.75, 3.05) is 0 Å². The normalized spacial score (nSPS) is 10.6. The molecule has 16 heavy (non-hydrogen) atoms. The van der Waals surface area contributed by atoms with Crippen molar-refractivity contribution in [3.63, 3.8) is 0 Å². The summed E-state index contributed by atoms with van der Waals surface area (Å²) in [6.45, 7) is 1.77. The molecule has 0 saturated carbocycles. The van der Waals surface area contributed by atoms with Crippen LogP contribution in [-0.2, 0) is 6.42 Å². The summed E-state index contributed by atoms with van der Waals surface area (Å²) in [5.74, 6) is -1.10. The minimum atomic E-state index is -1.10. The first-order valence-corrected chi connectivity index (χ1v) is 5.02. The molecule has 0 aliphatic heterocycles. The van der Waals surface area contributed by atoms with Crippen LogP contribution in [0, 0.1) is 0 Å². The summed E-state index contributed by atoms with van der Waals surface area (Å²) >= 11 is 0. The number of rotatable bonds is 2. The van der Waals surface area contributed by atoms with Gasteiger partial charge in [0.1, 0.15) is 5.69 Å². The number of nitrogens with one attached hydrogen (secondary N) is 1. The number of aromatic carboxylic acids is 1. The average molecular weight is 217 g/mol. The van der Waals surface area contributed by atoms with Crippen LogP contribution in [0.2, 0.25) is 0 Å². The van der Waals surface area contributed by atoms with Crippen LogP contribution >= 0.6 is 0 Å². The Balaban J connectivity index is 2.93. The summed E-state index contributed by atoms with van der Waals surface area (Å²) in [4.78, 5) is 25.8. The molecule has 2 rings (SSSR count). The van der Waals surface area contributed by atoms with Gasteiger partial charge in [0.2, 0.25) is 0 Å². The minimum absolute atomic E-state index is 0.00815. The van der Waals surface area contributed by atoms with Gasteiger partial charge in [0.15, 0.2) is 5.43 Å². The molecule has 1 aromatic heterocycles. The Labute approximate surface area is 91.5 Å². The quantitative estimate of drug-likeness (QED) is 0.805. The zero-order chi connectivity index (χ0) is 11.7. The summed E-state index contributed by atoms with van der Waals surface area (Å²) in [5, 5.41) is 9.54. The van der Waals surface area contributed by atoms with Gasteiger partial charge < -0.3 is 10.1 Å². The van der Waals surface area contributed by atoms with Gasteiger partial charge in [-0.25, -0.2) is 4.79 Å². The van der Waals surface area contributed by atoms with Gasteiger partial charge >= 0.3 is 5.97 Å². The molecular weight excluding hydrogens is 206 g/mol. The Morgan fingerprint density at radius 3 is 2.69 bits per heavy atom. The van der Waals surface area contributed by atoms with Crippen LogP contribution in [-0.4, -0.2) is 16.1 Å². The Kier molecular flexibility index (Phi) is 2.48. The lowest BCUT2D eigenvalue weighted by atomic mass is 10.1. The number of hydrogen-bond donors (Lipinski definition) is 2. The molecule has 0 aliphatic carbocycles. The van der Waals surface area contributed by atoms with Crippen molar-refractivity contribution < 1.29 is 9.90 Å². The first kappa shape index (κ1) is 10.4. The monoisotopic (exact) mass is 217 g/mol. The predicted molar refractivity (Wildman–Crippen MR) is 60.9 cm³/mol. The largest absolute Gasteiger partial charge is 0.477 e. The van der Waals surface area contributed by atoms with E-state index in [2.05, 4.69) is 4.98 Å². The van der Waals surface area contributed by atoms with Crippen LogP contribution in [0.25, 0.3) is 10.9 Å². The topological polar surface area (TPSA) is 70.2 Å². The average Bonchev–Trinajstić information content (AvgIpc) is 2.29. The van der Waals surface area contributed by atoms with Crippen molar-refractivity contribution in [2.45, 2.75) is 13.3 Å². The van der Waals surface area contributed by atoms with Crippen molar-refractivity contribution in [2.24, 2.45) is 0 Å². The minimum Gasteiger partial charge on any atom is -0.477 e. The second-order valence-electron chi connectivity index (χ2n) is 3.51. The molecule has 1 aromatic carbocycles. The van der Waals surface area contributed by atoms with Crippen LogP contribution < -0.4 is 5.43 Å². The molecule has 0 saturated heterocycles. The maximum atomic E-state index is 12.0. The standard InChI is InChI=1S/C12H11NO3/c1-2-7-10(12(15)16)13-9-6-4-3-5-8(9)11(7)14/h3-6H,2H2,1H3,(H,13,14)(H,15,16). The highest BCUT2D eigenvalue weighted by molar-refractivity contribution is 5.91. The number of aromatic amines is 1. The van der Waals surface area contributed by atoms with Gasteiger partial charge in [-0.15, -0.1) is 0 Å². The van der Waals surface area contributed by atoms with E-state index in [0.717, 1.165) is 0 Å². The Morgan fingerprint density at radius 2 is 2.06 bits per heavy atom. The highest BCUT2D eigenvalue weighted by atomic mass is 16.4. The molecule has 0 bridgehead atoms. The molecule has 2 N–H and O–H groups in total. The van der Waals surface area contributed by atoms with E-state index in [0.29, 0.717) is 22.9 Å². The van der Waals surface area contributed by atoms with Crippen molar-refractivity contribution in [3.05, 3.63) is 45.7 Å². The number of carboxylic acid groups (broad SMARTS) is 1. The van der Waals surface area contributed by atoms with Crippen molar-refractivity contribution in [3.8, 4) is 0 Å². The third-order valence-corrected chi connectivity index (χ3v) is 2.57. The van der Waals surface area contributed by atoms with Gasteiger partial charge in [0.05, 0.1) is 0 Å². The SMILES string of the molecule is CCc1c(C(=O)O)[nH]c2ccccc2c1=O. The van der Waals surface area contributed by atoms with E-state index in [1.807, 2.05) is 0 Å². The number of carboxylic acids is 1. The Morgan fingerprint density at radius 1 is 1.38 bits per heavy atom. The van der Waals surface area contributed by atoms with Gasteiger partial charge in [-0.2, -0.15) is 0 Å². The fourth-order valence-corrected chi connectivity index (χ4v) is 1.80. The second kappa shape index (κ2) is 3.81. The fraction of sp³-hybridized carbons (Fsp3) is 0.167. The third-order valence-electron chi connectivity index (χ3n) is 2.57. The predicted octanol–water partition coefficient (Wildman–Crippen LogP) is 1.79. The molecule has 4 heteroatoms. The molecule has 2 aromatic rings. The van der Waals surface area contributed by atoms with Crippen LogP contribution in [0.1, 0.15) is 23.0 Å². The van der Waals surface area contributed by atoms with Crippen molar-refractivity contribution in [1.82, 2.24) is 4.98 Å². The van der Waals surface area contributed by atoms with Gasteiger partial charge in [0.25, 0.3) is 0 Å². The molecule has 0 atom stereocenters. The summed E-state index contributed by atoms with van der Waals surface area (Å²) in [6.07, 6.45) is 0.405. The van der Waals surface area contributed by atoms with E-state index in [4.69, 9.17) is 5.11 Å². The van der Waals surface area contributed by atoms with Gasteiger partial charge in [0, 0.05) is 16.5 Å². The van der Waals surface area contributed by atoms with Gasteiger partial charge in [-0.05, 0) is 18.6 Å². The molecule has 0 spiro atoms. The van der Waals surface area contributed by atoms with Gasteiger partial charge in [-0.1, -0.05) is 19.1 Å². The number of hydrogen-bond acceptors (Lipinski definition) is 2. The second-order valence-corrected chi connectivity index (χ2v) is 3.51. The molecular formula is C12H11NO3. The highest BCUT2D eigenvalue weighted by Gasteiger charge is 2.14. The number of fused-ring (bicyclic) bond motifs is 1. The number of aromatic nitrogens is 1. The number of H-pyrrole nitrogens is 1. The van der Waals surface area contributed by atoms with Crippen LogP contribution in [0.5, 0.6) is 0 Å². The maximum absolute atomic E-state index is 12.0. The zero-order valence-corrected chi connectivity index (χ0v) is 8.78. The number of pyridine rings is 1. The molecule has 0 amide bonds.